The summed E-state index contributed by atoms with van der Waals surface area (Å²) in [5, 5.41) is 0. The second-order valence-electron chi connectivity index (χ2n) is 5.51. The number of methoxy groups -OCH3 is 1. The van der Waals surface area contributed by atoms with Gasteiger partial charge >= 0.3 is 0 Å². The van der Waals surface area contributed by atoms with Gasteiger partial charge in [0.15, 0.2) is 5.78 Å². The number of Topliss-reactive ketones (excluding diaryl/α,β-unsaturated/α-hetero) is 1. The highest BCUT2D eigenvalue weighted by Gasteiger charge is 2.10. The molecule has 0 heterocycles. The number of ketones is 1. The number of benzene rings is 3. The minimum absolute atomic E-state index is 0.0887. The Kier molecular flexibility index (Phi) is 5.11. The van der Waals surface area contributed by atoms with Gasteiger partial charge in [-0.1, -0.05) is 54.6 Å². The third-order valence-corrected chi connectivity index (χ3v) is 4.52. The van der Waals surface area contributed by atoms with Gasteiger partial charge in [0.2, 0.25) is 0 Å². The lowest BCUT2D eigenvalue weighted by atomic mass is 9.99. The Bertz CT molecular complexity index is 839. The lowest BCUT2D eigenvalue weighted by Gasteiger charge is -2.07. The van der Waals surface area contributed by atoms with E-state index in [4.69, 9.17) is 4.74 Å². The molecule has 0 amide bonds. The molecule has 0 atom stereocenters. The van der Waals surface area contributed by atoms with E-state index in [0.29, 0.717) is 12.0 Å². The first-order valence-electron chi connectivity index (χ1n) is 7.68. The van der Waals surface area contributed by atoms with Gasteiger partial charge in [0.05, 0.1) is 11.6 Å². The Morgan fingerprint density at radius 1 is 0.917 bits per heavy atom. The van der Waals surface area contributed by atoms with Gasteiger partial charge in [-0.05, 0) is 50.8 Å². The second-order valence-corrected chi connectivity index (χ2v) is 6.37. The first-order valence-corrected chi connectivity index (χ1v) is 8.48. The Morgan fingerprint density at radius 3 is 2.21 bits per heavy atom. The molecule has 0 saturated heterocycles. The highest BCUT2D eigenvalue weighted by molar-refractivity contribution is 9.10. The van der Waals surface area contributed by atoms with Crippen molar-refractivity contribution in [1.29, 1.82) is 0 Å². The molecule has 2 nitrogen and oxygen atoms in total. The molecule has 0 radical (unpaired) electrons. The minimum Gasteiger partial charge on any atom is -0.496 e. The van der Waals surface area contributed by atoms with Crippen molar-refractivity contribution in [1.82, 2.24) is 0 Å². The first-order chi connectivity index (χ1) is 11.7. The number of carbonyl (C=O) groups excluding carboxylic acids is 1. The molecule has 0 aliphatic heterocycles. The highest BCUT2D eigenvalue weighted by Crippen LogP contribution is 2.26. The van der Waals surface area contributed by atoms with Gasteiger partial charge in [0.25, 0.3) is 0 Å². The Morgan fingerprint density at radius 2 is 1.58 bits per heavy atom. The van der Waals surface area contributed by atoms with Crippen LogP contribution in [0, 0.1) is 0 Å². The molecular weight excluding hydrogens is 364 g/mol. The van der Waals surface area contributed by atoms with E-state index in [1.807, 2.05) is 30.3 Å². The van der Waals surface area contributed by atoms with Gasteiger partial charge in [0, 0.05) is 12.0 Å². The van der Waals surface area contributed by atoms with Gasteiger partial charge in [-0.25, -0.2) is 0 Å². The van der Waals surface area contributed by atoms with Crippen molar-refractivity contribution >= 4 is 21.7 Å². The van der Waals surface area contributed by atoms with E-state index in [0.717, 1.165) is 21.3 Å². The quantitative estimate of drug-likeness (QED) is 0.542. The average Bonchev–Trinajstić information content (AvgIpc) is 2.63. The molecule has 0 aliphatic carbocycles. The zero-order valence-corrected chi connectivity index (χ0v) is 14.9. The van der Waals surface area contributed by atoms with Crippen molar-refractivity contribution in [2.75, 3.05) is 7.11 Å². The summed E-state index contributed by atoms with van der Waals surface area (Å²) < 4.78 is 5.98. The van der Waals surface area contributed by atoms with Crippen LogP contribution in [0.5, 0.6) is 5.75 Å². The van der Waals surface area contributed by atoms with E-state index in [9.17, 15) is 4.79 Å². The molecule has 0 aliphatic rings. The SMILES string of the molecule is COc1ccc(C(=O)Cc2ccc(-c3ccccc3)cc2)cc1Br. The molecule has 0 unspecified atom stereocenters. The van der Waals surface area contributed by atoms with Crippen LogP contribution < -0.4 is 4.74 Å². The van der Waals surface area contributed by atoms with Crippen LogP contribution in [0.3, 0.4) is 0 Å². The van der Waals surface area contributed by atoms with Crippen LogP contribution in [-0.4, -0.2) is 12.9 Å². The smallest absolute Gasteiger partial charge is 0.167 e. The first kappa shape index (κ1) is 16.5. The van der Waals surface area contributed by atoms with E-state index < -0.39 is 0 Å². The maximum absolute atomic E-state index is 12.5. The standard InChI is InChI=1S/C21H17BrO2/c1-24-21-12-11-18(14-19(21)22)20(23)13-15-7-9-17(10-8-15)16-5-3-2-4-6-16/h2-12,14H,13H2,1H3. The number of carbonyl (C=O) groups is 1. The van der Waals surface area contributed by atoms with E-state index >= 15 is 0 Å². The molecule has 3 heteroatoms. The molecule has 120 valence electrons. The average molecular weight is 381 g/mol. The number of hydrogen-bond donors (Lipinski definition) is 0. The number of ether oxygens (including phenoxy) is 1. The van der Waals surface area contributed by atoms with Crippen LogP contribution in [0.2, 0.25) is 0 Å². The molecule has 0 bridgehead atoms. The summed E-state index contributed by atoms with van der Waals surface area (Å²) in [5.74, 6) is 0.810. The summed E-state index contributed by atoms with van der Waals surface area (Å²) in [6.07, 6.45) is 0.383. The molecular formula is C21H17BrO2. The largest absolute Gasteiger partial charge is 0.496 e. The van der Waals surface area contributed by atoms with E-state index in [2.05, 4.69) is 40.2 Å². The van der Waals surface area contributed by atoms with E-state index in [-0.39, 0.29) is 5.78 Å². The van der Waals surface area contributed by atoms with Gasteiger partial charge < -0.3 is 4.74 Å². The van der Waals surface area contributed by atoms with Crippen LogP contribution in [0.25, 0.3) is 11.1 Å². The normalized spacial score (nSPS) is 10.4. The van der Waals surface area contributed by atoms with Crippen LogP contribution in [0.15, 0.2) is 77.3 Å². The highest BCUT2D eigenvalue weighted by atomic mass is 79.9. The maximum atomic E-state index is 12.5. The van der Waals surface area contributed by atoms with Crippen molar-refractivity contribution in [2.45, 2.75) is 6.42 Å². The summed E-state index contributed by atoms with van der Waals surface area (Å²) in [7, 11) is 1.61. The molecule has 0 spiro atoms. The van der Waals surface area contributed by atoms with Gasteiger partial charge in [0.1, 0.15) is 5.75 Å². The lowest BCUT2D eigenvalue weighted by molar-refractivity contribution is 0.0993. The summed E-state index contributed by atoms with van der Waals surface area (Å²) in [4.78, 5) is 12.5. The number of hydrogen-bond acceptors (Lipinski definition) is 2. The molecule has 0 saturated carbocycles. The zero-order chi connectivity index (χ0) is 16.9. The van der Waals surface area contributed by atoms with Crippen LogP contribution in [-0.2, 0) is 6.42 Å². The summed E-state index contributed by atoms with van der Waals surface area (Å²) in [6, 6.07) is 23.7. The van der Waals surface area contributed by atoms with E-state index in [1.54, 1.807) is 25.3 Å². The topological polar surface area (TPSA) is 26.3 Å². The molecule has 0 fully saturated rings. The summed E-state index contributed by atoms with van der Waals surface area (Å²) in [6.45, 7) is 0. The Hall–Kier alpha value is -2.39. The second kappa shape index (κ2) is 7.45. The summed E-state index contributed by atoms with van der Waals surface area (Å²) >= 11 is 3.42. The third kappa shape index (κ3) is 3.74. The van der Waals surface area contributed by atoms with Crippen molar-refractivity contribution in [2.24, 2.45) is 0 Å². The predicted octanol–water partition coefficient (Wildman–Crippen LogP) is 5.55. The molecule has 3 rings (SSSR count). The molecule has 0 aromatic heterocycles. The maximum Gasteiger partial charge on any atom is 0.167 e. The lowest BCUT2D eigenvalue weighted by Crippen LogP contribution is -2.03. The fourth-order valence-electron chi connectivity index (χ4n) is 2.57. The Labute approximate surface area is 150 Å². The predicted molar refractivity (Wildman–Crippen MR) is 101 cm³/mol. The van der Waals surface area contributed by atoms with Gasteiger partial charge in [-0.2, -0.15) is 0 Å². The Balaban J connectivity index is 1.74. The van der Waals surface area contributed by atoms with E-state index in [1.165, 1.54) is 5.56 Å². The van der Waals surface area contributed by atoms with Crippen molar-refractivity contribution in [3.05, 3.63) is 88.4 Å². The van der Waals surface area contributed by atoms with Crippen molar-refractivity contribution in [3.8, 4) is 16.9 Å². The third-order valence-electron chi connectivity index (χ3n) is 3.90. The number of halogens is 1. The van der Waals surface area contributed by atoms with Crippen LogP contribution >= 0.6 is 15.9 Å². The van der Waals surface area contributed by atoms with Gasteiger partial charge in [-0.15, -0.1) is 0 Å². The van der Waals surface area contributed by atoms with Crippen molar-refractivity contribution in [3.63, 3.8) is 0 Å². The van der Waals surface area contributed by atoms with Crippen molar-refractivity contribution < 1.29 is 9.53 Å². The molecule has 0 N–H and O–H groups in total. The fourth-order valence-corrected chi connectivity index (χ4v) is 3.11. The molecule has 24 heavy (non-hydrogen) atoms. The number of rotatable bonds is 5. The van der Waals surface area contributed by atoms with Crippen LogP contribution in [0.4, 0.5) is 0 Å². The van der Waals surface area contributed by atoms with Gasteiger partial charge in [-0.3, -0.25) is 4.79 Å². The minimum atomic E-state index is 0.0887. The molecule has 3 aromatic rings. The molecule has 3 aromatic carbocycles. The fraction of sp³-hybridized carbons (Fsp3) is 0.0952. The zero-order valence-electron chi connectivity index (χ0n) is 13.3. The monoisotopic (exact) mass is 380 g/mol. The van der Waals surface area contributed by atoms with Crippen LogP contribution in [0.1, 0.15) is 15.9 Å². The summed E-state index contributed by atoms with van der Waals surface area (Å²) in [5.41, 5.74) is 4.01.